The van der Waals surface area contributed by atoms with Gasteiger partial charge < -0.3 is 134 Å². The molecule has 28 heteroatoms. The van der Waals surface area contributed by atoms with Crippen molar-refractivity contribution in [2.75, 3.05) is 26.4 Å². The van der Waals surface area contributed by atoms with Crippen LogP contribution in [-0.2, 0) is 52.2 Å². The van der Waals surface area contributed by atoms with E-state index in [-0.39, 0.29) is 40.6 Å². The molecule has 5 aliphatic heterocycles. The molecule has 506 valence electrons. The molecule has 0 aromatic carbocycles. The number of rotatable bonds is 15. The summed E-state index contributed by atoms with van der Waals surface area (Å²) in [6.45, 7) is 14.4. The van der Waals surface area contributed by atoms with E-state index in [1.54, 1.807) is 0 Å². The van der Waals surface area contributed by atoms with Crippen molar-refractivity contribution in [3.8, 4) is 0 Å². The van der Waals surface area contributed by atoms with Crippen molar-refractivity contribution in [1.82, 2.24) is 0 Å². The summed E-state index contributed by atoms with van der Waals surface area (Å²) < 4.78 is 61.0. The fraction of sp³-hybridized carbons (Fsp3) is 0.950. The first kappa shape index (κ1) is 69.0. The molecule has 10 aliphatic rings. The van der Waals surface area contributed by atoms with Gasteiger partial charge >= 0.3 is 5.97 Å². The normalized spacial score (nSPS) is 55.5. The molecule has 0 bridgehead atoms. The Hall–Kier alpha value is -1.83. The summed E-state index contributed by atoms with van der Waals surface area (Å²) in [4.78, 5) is 12.8. The number of aliphatic hydroxyl groups excluding tert-OH is 16. The molecule has 4 saturated carbocycles. The van der Waals surface area contributed by atoms with E-state index in [0.717, 1.165) is 32.1 Å². The molecule has 17 N–H and O–H groups in total. The molecule has 0 spiro atoms. The summed E-state index contributed by atoms with van der Waals surface area (Å²) in [6, 6.07) is 0. The highest BCUT2D eigenvalue weighted by molar-refractivity contribution is 5.73. The van der Waals surface area contributed by atoms with Crippen LogP contribution in [0.15, 0.2) is 11.6 Å². The minimum atomic E-state index is -2.18. The van der Waals surface area contributed by atoms with Crippen molar-refractivity contribution in [3.05, 3.63) is 11.6 Å². The number of fused-ring (bicyclic) bond motifs is 7. The van der Waals surface area contributed by atoms with Gasteiger partial charge in [0.05, 0.1) is 44.7 Å². The molecule has 0 radical (unpaired) electrons. The summed E-state index contributed by atoms with van der Waals surface area (Å²) in [5.74, 6) is -1.58. The highest BCUT2D eigenvalue weighted by Crippen LogP contribution is 2.76. The van der Waals surface area contributed by atoms with Crippen LogP contribution in [0.25, 0.3) is 0 Å². The smallest absolute Gasteiger partial charge is 0.335 e. The lowest BCUT2D eigenvalue weighted by atomic mass is 9.33. The second-order valence-corrected chi connectivity index (χ2v) is 29.2. The standard InChI is InChI=1S/C60H98O28/c1-23-33(65)37(69)43(75)51(80-23)88-48-45(85-52-44(76)39(71)35(67)27(20-62)82-52)36(68)28(21-63)83-54(48)87-47-41(73)40(72)46(49(77)78)86-53(47)84-32-12-13-58(6)29(55(32,2)3)11-14-60(8)30(58)10-9-24-25-17-56(4,18-31(64)57(25,5)15-16-59(24,60)7)22-79-50-42(74)38(70)34(66)26(19-61)81-50/h9,23,25-48,50-54,61-76H,10-22H2,1-8H3,(H,77,78). The zero-order chi connectivity index (χ0) is 64.4. The first-order chi connectivity index (χ1) is 41.2. The van der Waals surface area contributed by atoms with Gasteiger partial charge in [-0.15, -0.1) is 0 Å². The molecular formula is C60H98O28. The molecule has 9 fully saturated rings. The highest BCUT2D eigenvalue weighted by Gasteiger charge is 2.70. The van der Waals surface area contributed by atoms with Gasteiger partial charge in [0.2, 0.25) is 0 Å². The summed E-state index contributed by atoms with van der Waals surface area (Å²) in [7, 11) is 0. The van der Waals surface area contributed by atoms with Crippen LogP contribution in [0.4, 0.5) is 0 Å². The predicted molar refractivity (Wildman–Crippen MR) is 296 cm³/mol. The fourth-order valence-corrected chi connectivity index (χ4v) is 18.1. The molecule has 5 aliphatic carbocycles. The van der Waals surface area contributed by atoms with Gasteiger partial charge in [0.15, 0.2) is 37.6 Å². The second-order valence-electron chi connectivity index (χ2n) is 29.2. The van der Waals surface area contributed by atoms with Crippen molar-refractivity contribution >= 4 is 5.97 Å². The molecule has 35 atom stereocenters. The monoisotopic (exact) mass is 1270 g/mol. The van der Waals surface area contributed by atoms with E-state index in [4.69, 9.17) is 47.4 Å². The molecule has 10 rings (SSSR count). The van der Waals surface area contributed by atoms with Crippen molar-refractivity contribution in [2.24, 2.45) is 50.2 Å². The van der Waals surface area contributed by atoms with Crippen LogP contribution in [0.3, 0.4) is 0 Å². The van der Waals surface area contributed by atoms with E-state index in [1.165, 1.54) is 12.5 Å². The molecule has 88 heavy (non-hydrogen) atoms. The Morgan fingerprint density at radius 1 is 0.511 bits per heavy atom. The van der Waals surface area contributed by atoms with Gasteiger partial charge in [-0.2, -0.15) is 0 Å². The third kappa shape index (κ3) is 11.5. The summed E-state index contributed by atoms with van der Waals surface area (Å²) in [6.07, 6.45) is -37.9. The number of aliphatic hydroxyl groups is 16. The van der Waals surface area contributed by atoms with Crippen LogP contribution in [0.2, 0.25) is 0 Å². The molecule has 5 saturated heterocycles. The number of carbonyl (C=O) groups is 1. The van der Waals surface area contributed by atoms with Crippen LogP contribution in [-0.4, -0.2) is 285 Å². The number of allylic oxidation sites excluding steroid dienone is 2. The molecule has 35 unspecified atom stereocenters. The third-order valence-corrected chi connectivity index (χ3v) is 23.8. The number of ether oxygens (including phenoxy) is 10. The van der Waals surface area contributed by atoms with E-state index in [1.807, 2.05) is 6.92 Å². The maximum absolute atomic E-state index is 12.8. The Morgan fingerprint density at radius 3 is 1.66 bits per heavy atom. The number of carboxylic acids is 1. The fourth-order valence-electron chi connectivity index (χ4n) is 18.1. The Labute approximate surface area is 510 Å². The maximum atomic E-state index is 12.8. The Bertz CT molecular complexity index is 2460. The number of hydrogen-bond donors (Lipinski definition) is 17. The van der Waals surface area contributed by atoms with Crippen LogP contribution < -0.4 is 0 Å². The van der Waals surface area contributed by atoms with E-state index in [0.29, 0.717) is 25.7 Å². The zero-order valence-electron chi connectivity index (χ0n) is 51.2. The lowest BCUT2D eigenvalue weighted by molar-refractivity contribution is -0.410. The van der Waals surface area contributed by atoms with Gasteiger partial charge in [0.25, 0.3) is 0 Å². The average Bonchev–Trinajstić information content (AvgIpc) is 0.679. The number of carboxylic acid groups (broad SMARTS) is 1. The Morgan fingerprint density at radius 2 is 1.05 bits per heavy atom. The predicted octanol–water partition coefficient (Wildman–Crippen LogP) is -3.65. The first-order valence-corrected chi connectivity index (χ1v) is 31.3. The summed E-state index contributed by atoms with van der Waals surface area (Å²) >= 11 is 0. The second kappa shape index (κ2) is 25.4. The maximum Gasteiger partial charge on any atom is 0.335 e. The number of aliphatic carboxylic acids is 1. The molecule has 28 nitrogen and oxygen atoms in total. The van der Waals surface area contributed by atoms with Gasteiger partial charge in [-0.1, -0.05) is 60.1 Å². The van der Waals surface area contributed by atoms with E-state index >= 15 is 0 Å². The van der Waals surface area contributed by atoms with E-state index in [9.17, 15) is 91.6 Å². The quantitative estimate of drug-likeness (QED) is 0.0555. The zero-order valence-corrected chi connectivity index (χ0v) is 51.2. The first-order valence-electron chi connectivity index (χ1n) is 31.3. The van der Waals surface area contributed by atoms with Gasteiger partial charge in [-0.3, -0.25) is 0 Å². The van der Waals surface area contributed by atoms with E-state index in [2.05, 4.69) is 47.6 Å². The molecule has 0 amide bonds. The van der Waals surface area contributed by atoms with Crippen molar-refractivity contribution in [1.29, 1.82) is 0 Å². The Balaban J connectivity index is 0.914. The van der Waals surface area contributed by atoms with Crippen molar-refractivity contribution < 1.29 is 139 Å². The van der Waals surface area contributed by atoms with Crippen LogP contribution >= 0.6 is 0 Å². The average molecular weight is 1270 g/mol. The van der Waals surface area contributed by atoms with Crippen LogP contribution in [0, 0.1) is 50.2 Å². The number of hydrogen-bond acceptors (Lipinski definition) is 27. The largest absolute Gasteiger partial charge is 0.479 e. The highest BCUT2D eigenvalue weighted by atomic mass is 16.8. The van der Waals surface area contributed by atoms with Gasteiger partial charge in [-0.05, 0) is 110 Å². The molecule has 0 aromatic rings. The minimum absolute atomic E-state index is 0.0258. The van der Waals surface area contributed by atoms with Crippen LogP contribution in [0.5, 0.6) is 0 Å². The minimum Gasteiger partial charge on any atom is -0.479 e. The van der Waals surface area contributed by atoms with Gasteiger partial charge in [0, 0.05) is 5.41 Å². The van der Waals surface area contributed by atoms with Gasteiger partial charge in [0.1, 0.15) is 110 Å². The van der Waals surface area contributed by atoms with Crippen molar-refractivity contribution in [2.45, 2.75) is 279 Å². The molecule has 5 heterocycles. The van der Waals surface area contributed by atoms with Gasteiger partial charge in [-0.25, -0.2) is 4.79 Å². The topological polar surface area (TPSA) is 453 Å². The lowest BCUT2D eigenvalue weighted by Gasteiger charge is -2.72. The summed E-state index contributed by atoms with van der Waals surface area (Å²) in [5.41, 5.74) is -1.32. The van der Waals surface area contributed by atoms with E-state index < -0.39 is 208 Å². The molecule has 0 aromatic heterocycles. The summed E-state index contributed by atoms with van der Waals surface area (Å²) in [5, 5.41) is 185. The SMILES string of the molecule is CC1OC(OC2C(OC3C(OC4CCC5(C)C(CCC6(C)C5CC=C5C7CC(C)(COC8OC(CO)C(O)C(O)C8O)CC(O)C7(C)CCC56C)C4(C)C)OC(C(=O)O)C(O)C3O)OC(CO)C(O)C2OC2OC(CO)C(O)C(O)C2O)C(O)C(O)C1O. The molecular weight excluding hydrogens is 1170 g/mol. The third-order valence-electron chi connectivity index (χ3n) is 23.8. The lowest BCUT2D eigenvalue weighted by Crippen LogP contribution is -2.69. The van der Waals surface area contributed by atoms with Crippen molar-refractivity contribution in [3.63, 3.8) is 0 Å². The van der Waals surface area contributed by atoms with Crippen LogP contribution in [0.1, 0.15) is 113 Å². The Kier molecular flexibility index (Phi) is 19.9.